The van der Waals surface area contributed by atoms with Gasteiger partial charge in [-0.05, 0) is 0 Å². The number of allylic oxidation sites excluding steroid dienone is 2. The van der Waals surface area contributed by atoms with Crippen molar-refractivity contribution in [2.75, 3.05) is 0 Å². The fourth-order valence-electron chi connectivity index (χ4n) is 7.55. The van der Waals surface area contributed by atoms with E-state index in [-0.39, 0.29) is 24.8 Å². The van der Waals surface area contributed by atoms with Crippen LogP contribution < -0.4 is 33.6 Å². The molecule has 4 heteroatoms. The van der Waals surface area contributed by atoms with Crippen LogP contribution in [0.5, 0.6) is 0 Å². The van der Waals surface area contributed by atoms with E-state index in [4.69, 9.17) is 0 Å². The van der Waals surface area contributed by atoms with Gasteiger partial charge < -0.3 is 24.8 Å². The molecule has 0 amide bonds. The molecule has 44 heavy (non-hydrogen) atoms. The first-order valence-electron chi connectivity index (χ1n) is 14.9. The van der Waals surface area contributed by atoms with E-state index >= 15 is 0 Å². The van der Waals surface area contributed by atoms with Crippen LogP contribution in [0.3, 0.4) is 0 Å². The maximum atomic E-state index is 2.56. The van der Waals surface area contributed by atoms with E-state index in [2.05, 4.69) is 159 Å². The Kier molecular flexibility index (Phi) is 9.24. The molecule has 0 N–H and O–H groups in total. The smallest absolute Gasteiger partial charge is 1.00 e. The summed E-state index contributed by atoms with van der Waals surface area (Å²) in [6.45, 7) is 4.89. The second-order valence-corrected chi connectivity index (χ2v) is 34.4. The first-order valence-corrected chi connectivity index (χ1v) is 27.3. The van der Waals surface area contributed by atoms with E-state index in [1.165, 1.54) is 32.7 Å². The Bertz CT molecular complexity index is 1960. The third-order valence-corrected chi connectivity index (χ3v) is 43.1. The molecule has 0 heterocycles. The third kappa shape index (κ3) is 5.21. The van der Waals surface area contributed by atoms with Crippen molar-refractivity contribution in [2.45, 2.75) is 21.1 Å². The molecule has 0 spiro atoms. The van der Waals surface area contributed by atoms with E-state index in [9.17, 15) is 0 Å². The Morgan fingerprint density at radius 1 is 0.455 bits per heavy atom. The second-order valence-electron chi connectivity index (χ2n) is 11.8. The topological polar surface area (TPSA) is 0 Å². The van der Waals surface area contributed by atoms with Crippen molar-refractivity contribution in [3.8, 4) is 0 Å². The average Bonchev–Trinajstić information content (AvgIpc) is 3.56. The molecule has 2 aliphatic rings. The summed E-state index contributed by atoms with van der Waals surface area (Å²) in [4.78, 5) is 0. The van der Waals surface area contributed by atoms with E-state index in [1.54, 1.807) is 31.1 Å². The predicted octanol–water partition coefficient (Wildman–Crippen LogP) is 3.04. The van der Waals surface area contributed by atoms with E-state index in [1.807, 2.05) is 0 Å². The number of fused-ring (bicyclic) bond motifs is 6. The molecule has 0 bridgehead atoms. The minimum Gasteiger partial charge on any atom is -1.00 e. The minimum absolute atomic E-state index is 0. The van der Waals surface area contributed by atoms with Gasteiger partial charge in [-0.3, -0.25) is 0 Å². The Balaban J connectivity index is 0.00000171. The number of hydrogen-bond acceptors (Lipinski definition) is 0. The molecule has 6 aromatic carbocycles. The Hall–Kier alpha value is -2.67. The molecule has 0 saturated carbocycles. The Labute approximate surface area is 281 Å². The summed E-state index contributed by atoms with van der Waals surface area (Å²) in [7, 11) is -1.98. The van der Waals surface area contributed by atoms with Crippen LogP contribution in [0.2, 0.25) is 0 Å². The fraction of sp³-hybridized carbons (Fsp3) is 0.100. The van der Waals surface area contributed by atoms with Crippen molar-refractivity contribution in [2.24, 2.45) is 0 Å². The summed E-state index contributed by atoms with van der Waals surface area (Å²) in [6, 6.07) is 51.1. The number of hydrogen-bond donors (Lipinski definition) is 0. The molecular formula is C40H32Cl2GeZr. The average molecular weight is 747 g/mol. The monoisotopic (exact) mass is 746 g/mol. The van der Waals surface area contributed by atoms with Crippen LogP contribution in [-0.4, -0.2) is 9.98 Å². The number of halogens is 2. The normalized spacial score (nSPS) is 16.1. The number of benzene rings is 6. The quantitative estimate of drug-likeness (QED) is 0.244. The van der Waals surface area contributed by atoms with E-state index in [0.29, 0.717) is 7.25 Å². The van der Waals surface area contributed by atoms with Gasteiger partial charge in [-0.15, -0.1) is 0 Å². The predicted molar refractivity (Wildman–Crippen MR) is 179 cm³/mol. The molecule has 0 saturated heterocycles. The van der Waals surface area contributed by atoms with Crippen LogP contribution in [0, 0.1) is 0 Å². The molecule has 6 aromatic rings. The van der Waals surface area contributed by atoms with E-state index in [0.717, 1.165) is 0 Å². The van der Waals surface area contributed by atoms with Crippen molar-refractivity contribution in [1.29, 1.82) is 0 Å². The Morgan fingerprint density at radius 3 is 1.27 bits per heavy atom. The van der Waals surface area contributed by atoms with Crippen molar-refractivity contribution in [3.63, 3.8) is 0 Å². The van der Waals surface area contributed by atoms with Crippen LogP contribution in [0.15, 0.2) is 145 Å². The molecule has 2 aliphatic carbocycles. The van der Waals surface area contributed by atoms with Crippen molar-refractivity contribution < 1.29 is 43.4 Å². The maximum absolute atomic E-state index is 2.56. The first kappa shape index (κ1) is 31.3. The maximum Gasteiger partial charge on any atom is -1.00 e. The molecule has 0 nitrogen and oxygen atoms in total. The van der Waals surface area contributed by atoms with E-state index < -0.39 is 28.6 Å². The minimum atomic E-state index is -2.50. The second kappa shape index (κ2) is 13.0. The first-order chi connectivity index (χ1) is 20.7. The van der Waals surface area contributed by atoms with Crippen molar-refractivity contribution in [1.82, 2.24) is 0 Å². The van der Waals surface area contributed by atoms with Gasteiger partial charge in [-0.2, -0.15) is 0 Å². The zero-order valence-electron chi connectivity index (χ0n) is 24.8. The van der Waals surface area contributed by atoms with Crippen molar-refractivity contribution >= 4 is 52.5 Å². The number of rotatable bonds is 4. The summed E-state index contributed by atoms with van der Waals surface area (Å²) >= 11 is -2.50. The molecule has 0 radical (unpaired) electrons. The molecule has 0 aliphatic heterocycles. The van der Waals surface area contributed by atoms with Gasteiger partial charge in [-0.1, -0.05) is 0 Å². The largest absolute Gasteiger partial charge is 1.00 e. The van der Waals surface area contributed by atoms with Crippen LogP contribution in [0.4, 0.5) is 0 Å². The van der Waals surface area contributed by atoms with Crippen molar-refractivity contribution in [3.05, 3.63) is 167 Å². The molecular weight excluding hydrogens is 715 g/mol. The van der Waals surface area contributed by atoms with Crippen LogP contribution in [-0.2, 0) is 18.6 Å². The summed E-state index contributed by atoms with van der Waals surface area (Å²) in [6.07, 6.45) is 5.12. The summed E-state index contributed by atoms with van der Waals surface area (Å²) < 4.78 is 4.41. The van der Waals surface area contributed by atoms with Gasteiger partial charge in [0.2, 0.25) is 0 Å². The van der Waals surface area contributed by atoms with Crippen LogP contribution >= 0.6 is 0 Å². The standard InChI is InChI=1S/2C14H11.C12H10Ge.2ClH.Zr/c2*1-10-8-12-7-6-11-4-2-3-5-13(11)14(12)9-10;1-3-7-11(8-4-1)13-12-9-5-2-6-10-12;;;/h2*2-9H,1H3;1-10H;2*1H;/q;;;;;+2/p-2. The van der Waals surface area contributed by atoms with Crippen LogP contribution in [0.25, 0.3) is 33.7 Å². The zero-order chi connectivity index (χ0) is 28.2. The van der Waals surface area contributed by atoms with Gasteiger partial charge in [0.15, 0.2) is 0 Å². The molecule has 0 fully saturated rings. The molecule has 2 atom stereocenters. The summed E-state index contributed by atoms with van der Waals surface area (Å²) in [5, 5.41) is 5.51. The summed E-state index contributed by atoms with van der Waals surface area (Å²) in [5.41, 5.74) is 9.33. The van der Waals surface area contributed by atoms with Gasteiger partial charge in [0.25, 0.3) is 0 Å². The van der Waals surface area contributed by atoms with Gasteiger partial charge in [0.05, 0.1) is 0 Å². The van der Waals surface area contributed by atoms with Gasteiger partial charge in [0.1, 0.15) is 0 Å². The summed E-state index contributed by atoms with van der Waals surface area (Å²) in [5.74, 6) is 0. The van der Waals surface area contributed by atoms with Gasteiger partial charge >= 0.3 is 259 Å². The Morgan fingerprint density at radius 2 is 0.841 bits per heavy atom. The molecule has 8 rings (SSSR count). The molecule has 2 unspecified atom stereocenters. The SMILES string of the molecule is CC1=Cc2c(ccc3ccccc23)[CH]1[Zr+2]([CH]1C(C)=Cc2c1ccc1ccccc21)=[Ge]([c]1ccccc1)[c]1ccccc1.[Cl-].[Cl-]. The zero-order valence-corrected chi connectivity index (χ0v) is 30.8. The molecule has 214 valence electrons. The van der Waals surface area contributed by atoms with Crippen LogP contribution in [0.1, 0.15) is 43.4 Å². The van der Waals surface area contributed by atoms with Gasteiger partial charge in [0, 0.05) is 0 Å². The molecule has 0 aromatic heterocycles. The fourth-order valence-corrected chi connectivity index (χ4v) is 49.3. The van der Waals surface area contributed by atoms with Gasteiger partial charge in [-0.25, -0.2) is 0 Å². The third-order valence-electron chi connectivity index (χ3n) is 9.32.